The second-order valence-electron chi connectivity index (χ2n) is 4.68. The maximum atomic E-state index is 11.6. The fraction of sp³-hybridized carbons (Fsp3) is 0.545. The van der Waals surface area contributed by atoms with E-state index in [1.807, 2.05) is 13.8 Å². The van der Waals surface area contributed by atoms with Crippen molar-refractivity contribution in [2.45, 2.75) is 25.9 Å². The van der Waals surface area contributed by atoms with E-state index < -0.39 is 17.5 Å². The molecule has 116 valence electrons. The Hall–Kier alpha value is -2.10. The van der Waals surface area contributed by atoms with Crippen molar-refractivity contribution in [3.8, 4) is 0 Å². The largest absolute Gasteiger partial charge is 0.338 e. The minimum atomic E-state index is -0.561. The van der Waals surface area contributed by atoms with Crippen LogP contribution in [-0.2, 0) is 4.79 Å². The first-order valence-corrected chi connectivity index (χ1v) is 7.21. The number of hydrogen-bond donors (Lipinski definition) is 3. The van der Waals surface area contributed by atoms with E-state index in [1.54, 1.807) is 0 Å². The molecule has 4 N–H and O–H groups in total. The first-order valence-electron chi connectivity index (χ1n) is 6.23. The van der Waals surface area contributed by atoms with Gasteiger partial charge in [0.1, 0.15) is 5.69 Å². The molecule has 1 aromatic rings. The molecule has 21 heavy (non-hydrogen) atoms. The minimum Gasteiger partial charge on any atom is -0.338 e. The van der Waals surface area contributed by atoms with Crippen LogP contribution in [0.1, 0.15) is 19.5 Å². The first kappa shape index (κ1) is 17.0. The van der Waals surface area contributed by atoms with Crippen LogP contribution in [-0.4, -0.2) is 39.1 Å². The van der Waals surface area contributed by atoms with Gasteiger partial charge in [-0.15, -0.1) is 10.2 Å². The summed E-state index contributed by atoms with van der Waals surface area (Å²) < 4.78 is 0.819. The summed E-state index contributed by atoms with van der Waals surface area (Å²) in [6.07, 6.45) is 0. The molecule has 0 unspecified atom stereocenters. The number of hydrogen-bond acceptors (Lipinski definition) is 7. The molecule has 0 aliphatic rings. The number of aromatic nitrogens is 3. The fourth-order valence-corrected chi connectivity index (χ4v) is 1.86. The summed E-state index contributed by atoms with van der Waals surface area (Å²) in [5.41, 5.74) is -0.318. The second kappa shape index (κ2) is 7.62. The Balaban J connectivity index is 2.49. The van der Waals surface area contributed by atoms with Gasteiger partial charge in [-0.1, -0.05) is 25.6 Å². The SMILES string of the molecule is Cc1nnc(SCC(=O)NC(=O)NCC(C)C)n(N)c1=O. The van der Waals surface area contributed by atoms with Crippen LogP contribution >= 0.6 is 11.8 Å². The predicted molar refractivity (Wildman–Crippen MR) is 78.3 cm³/mol. The Morgan fingerprint density at radius 1 is 1.38 bits per heavy atom. The van der Waals surface area contributed by atoms with Crippen molar-refractivity contribution < 1.29 is 9.59 Å². The Bertz CT molecular complexity index is 586. The lowest BCUT2D eigenvalue weighted by Crippen LogP contribution is -2.41. The molecule has 0 aliphatic heterocycles. The number of nitrogens with one attached hydrogen (secondary N) is 2. The van der Waals surface area contributed by atoms with Crippen LogP contribution in [0.2, 0.25) is 0 Å². The van der Waals surface area contributed by atoms with Crippen LogP contribution in [0.15, 0.2) is 9.95 Å². The van der Waals surface area contributed by atoms with Crippen molar-refractivity contribution in [2.24, 2.45) is 5.92 Å². The van der Waals surface area contributed by atoms with Crippen LogP contribution in [0.25, 0.3) is 0 Å². The number of amides is 3. The van der Waals surface area contributed by atoms with Gasteiger partial charge in [0.25, 0.3) is 5.56 Å². The molecule has 0 fully saturated rings. The van der Waals surface area contributed by atoms with Crippen molar-refractivity contribution in [1.82, 2.24) is 25.5 Å². The maximum Gasteiger partial charge on any atom is 0.321 e. The van der Waals surface area contributed by atoms with Gasteiger partial charge < -0.3 is 11.2 Å². The minimum absolute atomic E-state index is 0.100. The lowest BCUT2D eigenvalue weighted by atomic mass is 10.2. The van der Waals surface area contributed by atoms with Crippen molar-refractivity contribution in [2.75, 3.05) is 18.1 Å². The Morgan fingerprint density at radius 2 is 2.05 bits per heavy atom. The lowest BCUT2D eigenvalue weighted by Gasteiger charge is -2.09. The maximum absolute atomic E-state index is 11.6. The molecule has 1 rings (SSSR count). The summed E-state index contributed by atoms with van der Waals surface area (Å²) in [7, 11) is 0. The topological polar surface area (TPSA) is 132 Å². The van der Waals surface area contributed by atoms with Crippen LogP contribution in [0.3, 0.4) is 0 Å². The fourth-order valence-electron chi connectivity index (χ4n) is 1.20. The molecule has 0 spiro atoms. The number of imide groups is 1. The highest BCUT2D eigenvalue weighted by molar-refractivity contribution is 7.99. The van der Waals surface area contributed by atoms with E-state index in [9.17, 15) is 14.4 Å². The number of aryl methyl sites for hydroxylation is 1. The van der Waals surface area contributed by atoms with Gasteiger partial charge in [-0.2, -0.15) is 4.68 Å². The normalized spacial score (nSPS) is 10.5. The number of nitrogens with zero attached hydrogens (tertiary/aromatic N) is 3. The number of urea groups is 1. The van der Waals surface area contributed by atoms with Crippen molar-refractivity contribution in [3.05, 3.63) is 16.0 Å². The molecule has 0 radical (unpaired) electrons. The molecule has 3 amide bonds. The van der Waals surface area contributed by atoms with Crippen molar-refractivity contribution in [3.63, 3.8) is 0 Å². The standard InChI is InChI=1S/C11H18N6O3S/c1-6(2)4-13-10(20)14-8(18)5-21-11-16-15-7(3)9(19)17(11)12/h6H,4-5,12H2,1-3H3,(H2,13,14,18,20). The average molecular weight is 314 g/mol. The van der Waals surface area contributed by atoms with E-state index in [-0.39, 0.29) is 22.5 Å². The average Bonchev–Trinajstić information content (AvgIpc) is 2.42. The summed E-state index contributed by atoms with van der Waals surface area (Å²) in [5.74, 6) is 5.18. The lowest BCUT2D eigenvalue weighted by molar-refractivity contribution is -0.117. The van der Waals surface area contributed by atoms with Crippen LogP contribution < -0.4 is 22.0 Å². The smallest absolute Gasteiger partial charge is 0.321 e. The van der Waals surface area contributed by atoms with Gasteiger partial charge >= 0.3 is 6.03 Å². The molecule has 0 saturated heterocycles. The first-order chi connectivity index (χ1) is 9.81. The van der Waals surface area contributed by atoms with Gasteiger partial charge in [0, 0.05) is 6.54 Å². The molecule has 0 aliphatic carbocycles. The zero-order chi connectivity index (χ0) is 16.0. The Labute approximate surface area is 125 Å². The van der Waals surface area contributed by atoms with Crippen LogP contribution in [0.5, 0.6) is 0 Å². The number of nitrogen functional groups attached to an aromatic ring is 1. The van der Waals surface area contributed by atoms with E-state index in [0.717, 1.165) is 16.4 Å². The molecule has 10 heteroatoms. The number of rotatable bonds is 5. The third-order valence-electron chi connectivity index (χ3n) is 2.28. The number of thioether (sulfide) groups is 1. The van der Waals surface area contributed by atoms with E-state index >= 15 is 0 Å². The van der Waals surface area contributed by atoms with Gasteiger partial charge in [-0.05, 0) is 12.8 Å². The zero-order valence-corrected chi connectivity index (χ0v) is 12.9. The summed E-state index contributed by atoms with van der Waals surface area (Å²) in [4.78, 5) is 34.5. The van der Waals surface area contributed by atoms with Crippen LogP contribution in [0, 0.1) is 12.8 Å². The summed E-state index contributed by atoms with van der Waals surface area (Å²) in [6.45, 7) is 5.83. The van der Waals surface area contributed by atoms with E-state index in [0.29, 0.717) is 6.54 Å². The number of nitrogens with two attached hydrogens (primary N) is 1. The zero-order valence-electron chi connectivity index (χ0n) is 12.0. The molecule has 0 aromatic carbocycles. The van der Waals surface area contributed by atoms with Crippen molar-refractivity contribution in [1.29, 1.82) is 0 Å². The van der Waals surface area contributed by atoms with Gasteiger partial charge in [-0.25, -0.2) is 4.79 Å². The summed E-state index contributed by atoms with van der Waals surface area (Å²) >= 11 is 0.917. The molecule has 0 saturated carbocycles. The highest BCUT2D eigenvalue weighted by Crippen LogP contribution is 2.10. The molecule has 1 heterocycles. The summed E-state index contributed by atoms with van der Waals surface area (Å²) in [5, 5.41) is 12.2. The highest BCUT2D eigenvalue weighted by Gasteiger charge is 2.12. The molecule has 9 nitrogen and oxygen atoms in total. The number of carbonyl (C=O) groups excluding carboxylic acids is 2. The summed E-state index contributed by atoms with van der Waals surface area (Å²) in [6, 6.07) is -0.561. The van der Waals surface area contributed by atoms with Gasteiger partial charge in [0.2, 0.25) is 11.1 Å². The third-order valence-corrected chi connectivity index (χ3v) is 3.22. The van der Waals surface area contributed by atoms with E-state index in [1.165, 1.54) is 6.92 Å². The van der Waals surface area contributed by atoms with Gasteiger partial charge in [-0.3, -0.25) is 14.9 Å². The van der Waals surface area contributed by atoms with E-state index in [2.05, 4.69) is 20.8 Å². The Kier molecular flexibility index (Phi) is 6.15. The third kappa shape index (κ3) is 5.42. The quantitative estimate of drug-likeness (QED) is 0.480. The predicted octanol–water partition coefficient (Wildman–Crippen LogP) is -0.766. The molecule has 0 atom stereocenters. The monoisotopic (exact) mass is 314 g/mol. The van der Waals surface area contributed by atoms with Gasteiger partial charge in [0.05, 0.1) is 5.75 Å². The highest BCUT2D eigenvalue weighted by atomic mass is 32.2. The molecule has 0 bridgehead atoms. The van der Waals surface area contributed by atoms with Crippen LogP contribution in [0.4, 0.5) is 4.79 Å². The molecular weight excluding hydrogens is 296 g/mol. The number of carbonyl (C=O) groups is 2. The second-order valence-corrected chi connectivity index (χ2v) is 5.63. The molecular formula is C11H18N6O3S. The Morgan fingerprint density at radius 3 is 2.67 bits per heavy atom. The van der Waals surface area contributed by atoms with Gasteiger partial charge in [0.15, 0.2) is 0 Å². The van der Waals surface area contributed by atoms with E-state index in [4.69, 9.17) is 5.84 Å². The van der Waals surface area contributed by atoms with Crippen molar-refractivity contribution >= 4 is 23.7 Å². The molecule has 1 aromatic heterocycles.